The number of ether oxygens (including phenoxy) is 1. The number of hydrazine groups is 1. The quantitative estimate of drug-likeness (QED) is 0.247. The summed E-state index contributed by atoms with van der Waals surface area (Å²) in [5.41, 5.74) is 1.54. The van der Waals surface area contributed by atoms with Crippen LogP contribution in [-0.2, 0) is 17.9 Å². The molecule has 6 nitrogen and oxygen atoms in total. The van der Waals surface area contributed by atoms with Gasteiger partial charge in [-0.05, 0) is 23.3 Å². The van der Waals surface area contributed by atoms with Gasteiger partial charge in [0.05, 0.1) is 6.54 Å². The summed E-state index contributed by atoms with van der Waals surface area (Å²) in [6.45, 7) is 0.536. The SMILES string of the molecule is NN(C=O)Cc1cc(=O)oc2cc(OCc3ccccc3)ccc12. The first-order valence-corrected chi connectivity index (χ1v) is 7.36. The van der Waals surface area contributed by atoms with Gasteiger partial charge in [0.2, 0.25) is 6.41 Å². The standard InChI is InChI=1S/C18H16N2O4/c19-20(12-21)10-14-8-18(22)24-17-9-15(6-7-16(14)17)23-11-13-4-2-1-3-5-13/h1-9,12H,10-11,19H2. The van der Waals surface area contributed by atoms with Crippen LogP contribution in [0, 0.1) is 0 Å². The van der Waals surface area contributed by atoms with E-state index in [1.165, 1.54) is 6.07 Å². The lowest BCUT2D eigenvalue weighted by atomic mass is 10.1. The molecule has 3 rings (SSSR count). The fourth-order valence-corrected chi connectivity index (χ4v) is 2.41. The highest BCUT2D eigenvalue weighted by molar-refractivity contribution is 5.81. The van der Waals surface area contributed by atoms with Crippen molar-refractivity contribution in [1.82, 2.24) is 5.01 Å². The first-order chi connectivity index (χ1) is 11.7. The molecule has 6 heteroatoms. The molecule has 0 fully saturated rings. The van der Waals surface area contributed by atoms with Crippen molar-refractivity contribution in [1.29, 1.82) is 0 Å². The molecule has 0 aliphatic heterocycles. The number of nitrogens with two attached hydrogens (primary N) is 1. The summed E-state index contributed by atoms with van der Waals surface area (Å²) in [7, 11) is 0. The second-order valence-electron chi connectivity index (χ2n) is 5.30. The van der Waals surface area contributed by atoms with E-state index in [2.05, 4.69) is 0 Å². The molecule has 3 aromatic rings. The van der Waals surface area contributed by atoms with Gasteiger partial charge < -0.3 is 9.15 Å². The average molecular weight is 324 g/mol. The van der Waals surface area contributed by atoms with Crippen molar-refractivity contribution < 1.29 is 13.9 Å². The predicted molar refractivity (Wildman–Crippen MR) is 89.1 cm³/mol. The minimum atomic E-state index is -0.503. The molecule has 1 aromatic heterocycles. The Morgan fingerprint density at radius 2 is 1.92 bits per heavy atom. The van der Waals surface area contributed by atoms with Crippen LogP contribution >= 0.6 is 0 Å². The Balaban J connectivity index is 1.88. The van der Waals surface area contributed by atoms with Gasteiger partial charge in [-0.2, -0.15) is 0 Å². The van der Waals surface area contributed by atoms with Gasteiger partial charge >= 0.3 is 5.63 Å². The third-order valence-electron chi connectivity index (χ3n) is 3.54. The van der Waals surface area contributed by atoms with Crippen LogP contribution in [0.2, 0.25) is 0 Å². The Kier molecular flexibility index (Phi) is 4.58. The normalized spacial score (nSPS) is 10.5. The van der Waals surface area contributed by atoms with E-state index in [0.717, 1.165) is 10.6 Å². The van der Waals surface area contributed by atoms with E-state index in [9.17, 15) is 9.59 Å². The molecular formula is C18H16N2O4. The van der Waals surface area contributed by atoms with Crippen molar-refractivity contribution in [2.24, 2.45) is 5.84 Å². The second kappa shape index (κ2) is 6.97. The summed E-state index contributed by atoms with van der Waals surface area (Å²) >= 11 is 0. The molecule has 0 unspecified atom stereocenters. The van der Waals surface area contributed by atoms with Crippen LogP contribution in [0.1, 0.15) is 11.1 Å². The van der Waals surface area contributed by atoms with Gasteiger partial charge in [-0.3, -0.25) is 9.80 Å². The Morgan fingerprint density at radius 3 is 2.67 bits per heavy atom. The van der Waals surface area contributed by atoms with Crippen LogP contribution in [0.3, 0.4) is 0 Å². The first kappa shape index (κ1) is 15.8. The largest absolute Gasteiger partial charge is 0.489 e. The van der Waals surface area contributed by atoms with Crippen LogP contribution in [0.5, 0.6) is 5.75 Å². The zero-order valence-electron chi connectivity index (χ0n) is 12.8. The molecule has 24 heavy (non-hydrogen) atoms. The van der Waals surface area contributed by atoms with E-state index in [4.69, 9.17) is 15.0 Å². The second-order valence-corrected chi connectivity index (χ2v) is 5.30. The van der Waals surface area contributed by atoms with Crippen molar-refractivity contribution in [2.45, 2.75) is 13.2 Å². The highest BCUT2D eigenvalue weighted by Gasteiger charge is 2.09. The lowest BCUT2D eigenvalue weighted by Crippen LogP contribution is -2.29. The molecule has 0 atom stereocenters. The van der Waals surface area contributed by atoms with Crippen molar-refractivity contribution >= 4 is 17.4 Å². The predicted octanol–water partition coefficient (Wildman–Crippen LogP) is 2.20. The number of amides is 1. The van der Waals surface area contributed by atoms with Gasteiger partial charge in [0.1, 0.15) is 17.9 Å². The van der Waals surface area contributed by atoms with Gasteiger partial charge in [-0.1, -0.05) is 30.3 Å². The van der Waals surface area contributed by atoms with E-state index in [1.54, 1.807) is 18.2 Å². The maximum atomic E-state index is 11.7. The molecule has 0 spiro atoms. The summed E-state index contributed by atoms with van der Waals surface area (Å²) in [5.74, 6) is 6.09. The van der Waals surface area contributed by atoms with Gasteiger partial charge in [-0.25, -0.2) is 10.6 Å². The Morgan fingerprint density at radius 1 is 1.12 bits per heavy atom. The number of benzene rings is 2. The summed E-state index contributed by atoms with van der Waals surface area (Å²) < 4.78 is 11.0. The summed E-state index contributed by atoms with van der Waals surface area (Å²) in [5, 5.41) is 1.67. The number of rotatable bonds is 6. The monoisotopic (exact) mass is 324 g/mol. The third-order valence-corrected chi connectivity index (χ3v) is 3.54. The van der Waals surface area contributed by atoms with Crippen LogP contribution in [0.15, 0.2) is 63.8 Å². The number of nitrogens with zero attached hydrogens (tertiary/aromatic N) is 1. The zero-order chi connectivity index (χ0) is 16.9. The first-order valence-electron chi connectivity index (χ1n) is 7.36. The van der Waals surface area contributed by atoms with E-state index in [0.29, 0.717) is 35.3 Å². The minimum absolute atomic E-state index is 0.121. The molecular weight excluding hydrogens is 308 g/mol. The fourth-order valence-electron chi connectivity index (χ4n) is 2.41. The Labute approximate surface area is 138 Å². The highest BCUT2D eigenvalue weighted by Crippen LogP contribution is 2.23. The van der Waals surface area contributed by atoms with Gasteiger partial charge in [0, 0.05) is 17.5 Å². The summed E-state index contributed by atoms with van der Waals surface area (Å²) in [6, 6.07) is 16.3. The number of fused-ring (bicyclic) bond motifs is 1. The number of hydrogen-bond acceptors (Lipinski definition) is 5. The number of hydrogen-bond donors (Lipinski definition) is 1. The minimum Gasteiger partial charge on any atom is -0.489 e. The molecule has 122 valence electrons. The number of carbonyl (C=O) groups excluding carboxylic acids is 1. The van der Waals surface area contributed by atoms with Crippen LogP contribution < -0.4 is 16.2 Å². The average Bonchev–Trinajstić information content (AvgIpc) is 2.60. The van der Waals surface area contributed by atoms with E-state index < -0.39 is 5.63 Å². The molecule has 0 radical (unpaired) electrons. The molecule has 0 saturated heterocycles. The molecule has 0 bridgehead atoms. The van der Waals surface area contributed by atoms with Gasteiger partial charge in [-0.15, -0.1) is 0 Å². The molecule has 2 N–H and O–H groups in total. The Hall–Kier alpha value is -3.12. The van der Waals surface area contributed by atoms with Crippen LogP contribution in [-0.4, -0.2) is 11.4 Å². The topological polar surface area (TPSA) is 85.8 Å². The van der Waals surface area contributed by atoms with Gasteiger partial charge in [0.25, 0.3) is 0 Å². The van der Waals surface area contributed by atoms with E-state index in [1.807, 2.05) is 30.3 Å². The van der Waals surface area contributed by atoms with Crippen molar-refractivity contribution in [2.75, 3.05) is 0 Å². The lowest BCUT2D eigenvalue weighted by molar-refractivity contribution is -0.118. The fraction of sp³-hybridized carbons (Fsp3) is 0.111. The third kappa shape index (κ3) is 3.61. The van der Waals surface area contributed by atoms with Crippen LogP contribution in [0.4, 0.5) is 0 Å². The highest BCUT2D eigenvalue weighted by atomic mass is 16.5. The maximum Gasteiger partial charge on any atom is 0.336 e. The van der Waals surface area contributed by atoms with E-state index >= 15 is 0 Å². The van der Waals surface area contributed by atoms with Crippen molar-refractivity contribution in [3.63, 3.8) is 0 Å². The van der Waals surface area contributed by atoms with Crippen LogP contribution in [0.25, 0.3) is 11.0 Å². The van der Waals surface area contributed by atoms with Crippen molar-refractivity contribution in [3.05, 3.63) is 76.1 Å². The molecule has 0 aliphatic carbocycles. The molecule has 1 heterocycles. The molecule has 2 aromatic carbocycles. The number of carbonyl (C=O) groups is 1. The van der Waals surface area contributed by atoms with E-state index in [-0.39, 0.29) is 6.54 Å². The molecule has 1 amide bonds. The molecule has 0 saturated carbocycles. The van der Waals surface area contributed by atoms with Gasteiger partial charge in [0.15, 0.2) is 0 Å². The van der Waals surface area contributed by atoms with Crippen molar-refractivity contribution in [3.8, 4) is 5.75 Å². The Bertz CT molecular complexity index is 906. The lowest BCUT2D eigenvalue weighted by Gasteiger charge is -2.12. The summed E-state index contributed by atoms with van der Waals surface area (Å²) in [6.07, 6.45) is 0.498. The zero-order valence-corrected chi connectivity index (χ0v) is 12.8. The smallest absolute Gasteiger partial charge is 0.336 e. The maximum absolute atomic E-state index is 11.7. The summed E-state index contributed by atoms with van der Waals surface area (Å²) in [4.78, 5) is 22.4. The molecule has 0 aliphatic rings.